The van der Waals surface area contributed by atoms with Gasteiger partial charge < -0.3 is 19.5 Å². The van der Waals surface area contributed by atoms with Crippen molar-refractivity contribution in [2.45, 2.75) is 37.8 Å². The van der Waals surface area contributed by atoms with Crippen LogP contribution in [0.5, 0.6) is 11.5 Å². The van der Waals surface area contributed by atoms with Gasteiger partial charge in [-0.2, -0.15) is 0 Å². The molecule has 3 heterocycles. The second kappa shape index (κ2) is 9.51. The molecule has 0 spiro atoms. The number of ether oxygens (including phenoxy) is 2. The Labute approximate surface area is 189 Å². The van der Waals surface area contributed by atoms with E-state index in [1.54, 1.807) is 0 Å². The van der Waals surface area contributed by atoms with Crippen molar-refractivity contribution in [3.05, 3.63) is 59.7 Å². The van der Waals surface area contributed by atoms with E-state index in [4.69, 9.17) is 9.47 Å². The van der Waals surface area contributed by atoms with Crippen LogP contribution in [-0.4, -0.2) is 60.2 Å². The number of aliphatic hydroxyl groups is 1. The van der Waals surface area contributed by atoms with Crippen LogP contribution in [0.25, 0.3) is 0 Å². The summed E-state index contributed by atoms with van der Waals surface area (Å²) in [6.45, 7) is 4.11. The highest BCUT2D eigenvalue weighted by Crippen LogP contribution is 2.38. The molecule has 2 aromatic carbocycles. The van der Waals surface area contributed by atoms with Crippen LogP contribution in [-0.2, 0) is 4.79 Å². The van der Waals surface area contributed by atoms with E-state index in [1.165, 1.54) is 0 Å². The molecule has 0 bridgehead atoms. The van der Waals surface area contributed by atoms with Gasteiger partial charge in [-0.3, -0.25) is 9.69 Å². The van der Waals surface area contributed by atoms with Gasteiger partial charge in [0.15, 0.2) is 11.5 Å². The molecule has 0 aliphatic carbocycles. The largest absolute Gasteiger partial charge is 0.486 e. The zero-order valence-electron chi connectivity index (χ0n) is 18.5. The number of aliphatic hydroxyl groups excluding tert-OH is 1. The van der Waals surface area contributed by atoms with E-state index in [-0.39, 0.29) is 17.9 Å². The number of hydrogen-bond donors (Lipinski definition) is 1. The highest BCUT2D eigenvalue weighted by molar-refractivity contribution is 5.79. The van der Waals surface area contributed by atoms with Crippen molar-refractivity contribution in [2.75, 3.05) is 39.4 Å². The standard InChI is InChI=1S/C26H32N2O4/c29-25(18-27-13-10-20(11-14-27)26(30)19-5-2-1-3-6-19)28-12-4-7-22(28)21-8-9-23-24(17-21)32-16-15-31-23/h1-3,5-6,8-9,17,20,22,26,30H,4,7,10-16,18H2. The van der Waals surface area contributed by atoms with E-state index in [0.717, 1.165) is 67.9 Å². The molecule has 2 fully saturated rings. The number of rotatable bonds is 5. The Morgan fingerprint density at radius 1 is 0.969 bits per heavy atom. The van der Waals surface area contributed by atoms with Crippen LogP contribution in [0.15, 0.2) is 48.5 Å². The molecule has 1 N–H and O–H groups in total. The summed E-state index contributed by atoms with van der Waals surface area (Å²) in [5.41, 5.74) is 2.12. The first-order chi connectivity index (χ1) is 15.7. The Kier molecular flexibility index (Phi) is 6.32. The van der Waals surface area contributed by atoms with E-state index in [2.05, 4.69) is 11.0 Å². The van der Waals surface area contributed by atoms with Gasteiger partial charge in [-0.1, -0.05) is 36.4 Å². The summed E-state index contributed by atoms with van der Waals surface area (Å²) in [6.07, 6.45) is 3.41. The molecule has 5 rings (SSSR count). The third kappa shape index (κ3) is 4.48. The number of carbonyl (C=O) groups excluding carboxylic acids is 1. The molecule has 3 aliphatic heterocycles. The molecule has 0 aromatic heterocycles. The van der Waals surface area contributed by atoms with Crippen molar-refractivity contribution in [3.63, 3.8) is 0 Å². The first-order valence-corrected chi connectivity index (χ1v) is 11.8. The second-order valence-corrected chi connectivity index (χ2v) is 9.12. The van der Waals surface area contributed by atoms with Gasteiger partial charge in [-0.15, -0.1) is 0 Å². The van der Waals surface area contributed by atoms with Crippen LogP contribution in [0.2, 0.25) is 0 Å². The number of carbonyl (C=O) groups is 1. The molecule has 3 aliphatic rings. The van der Waals surface area contributed by atoms with Crippen LogP contribution in [0, 0.1) is 5.92 Å². The molecule has 2 unspecified atom stereocenters. The van der Waals surface area contributed by atoms with Gasteiger partial charge >= 0.3 is 0 Å². The fourth-order valence-electron chi connectivity index (χ4n) is 5.31. The average molecular weight is 437 g/mol. The minimum Gasteiger partial charge on any atom is -0.486 e. The van der Waals surface area contributed by atoms with Crippen LogP contribution in [0.4, 0.5) is 0 Å². The molecule has 0 radical (unpaired) electrons. The highest BCUT2D eigenvalue weighted by atomic mass is 16.6. The monoisotopic (exact) mass is 436 g/mol. The summed E-state index contributed by atoms with van der Waals surface area (Å²) >= 11 is 0. The molecule has 6 nitrogen and oxygen atoms in total. The van der Waals surface area contributed by atoms with Gasteiger partial charge in [0.2, 0.25) is 5.91 Å². The number of fused-ring (bicyclic) bond motifs is 1. The van der Waals surface area contributed by atoms with Gasteiger partial charge in [0.05, 0.1) is 18.7 Å². The summed E-state index contributed by atoms with van der Waals surface area (Å²) in [6, 6.07) is 16.1. The molecule has 170 valence electrons. The van der Waals surface area contributed by atoms with Crippen molar-refractivity contribution in [1.29, 1.82) is 0 Å². The summed E-state index contributed by atoms with van der Waals surface area (Å²) in [7, 11) is 0. The summed E-state index contributed by atoms with van der Waals surface area (Å²) < 4.78 is 11.4. The van der Waals surface area contributed by atoms with E-state index < -0.39 is 6.10 Å². The number of hydrogen-bond acceptors (Lipinski definition) is 5. The van der Waals surface area contributed by atoms with E-state index in [0.29, 0.717) is 19.8 Å². The van der Waals surface area contributed by atoms with Gasteiger partial charge in [0, 0.05) is 6.54 Å². The lowest BCUT2D eigenvalue weighted by Crippen LogP contribution is -2.43. The first-order valence-electron chi connectivity index (χ1n) is 11.8. The lowest BCUT2D eigenvalue weighted by Gasteiger charge is -2.35. The molecule has 1 amide bonds. The van der Waals surface area contributed by atoms with Crippen molar-refractivity contribution in [3.8, 4) is 11.5 Å². The highest BCUT2D eigenvalue weighted by Gasteiger charge is 2.33. The van der Waals surface area contributed by atoms with Gasteiger partial charge in [-0.05, 0) is 68.0 Å². The molecule has 6 heteroatoms. The van der Waals surface area contributed by atoms with Crippen molar-refractivity contribution < 1.29 is 19.4 Å². The van der Waals surface area contributed by atoms with Crippen molar-refractivity contribution in [2.24, 2.45) is 5.92 Å². The molecule has 32 heavy (non-hydrogen) atoms. The molecule has 2 atom stereocenters. The fraction of sp³-hybridized carbons (Fsp3) is 0.500. The Balaban J connectivity index is 1.17. The minimum atomic E-state index is -0.424. The number of likely N-dealkylation sites (tertiary alicyclic amines) is 2. The topological polar surface area (TPSA) is 62.2 Å². The summed E-state index contributed by atoms with van der Waals surface area (Å²) in [5, 5.41) is 10.7. The van der Waals surface area contributed by atoms with Gasteiger partial charge in [0.1, 0.15) is 13.2 Å². The molecule has 0 saturated carbocycles. The third-order valence-electron chi connectivity index (χ3n) is 7.10. The van der Waals surface area contributed by atoms with Crippen molar-refractivity contribution >= 4 is 5.91 Å². The average Bonchev–Trinajstić information content (AvgIpc) is 3.35. The Morgan fingerprint density at radius 3 is 2.50 bits per heavy atom. The molecule has 2 saturated heterocycles. The lowest BCUT2D eigenvalue weighted by atomic mass is 9.87. The zero-order valence-corrected chi connectivity index (χ0v) is 18.5. The number of piperidine rings is 1. The maximum absolute atomic E-state index is 13.2. The van der Waals surface area contributed by atoms with Gasteiger partial charge in [0.25, 0.3) is 0 Å². The van der Waals surface area contributed by atoms with Gasteiger partial charge in [-0.25, -0.2) is 0 Å². The molecular weight excluding hydrogens is 404 g/mol. The predicted octanol–water partition coefficient (Wildman–Crippen LogP) is 3.57. The lowest BCUT2D eigenvalue weighted by molar-refractivity contribution is -0.133. The van der Waals surface area contributed by atoms with Crippen LogP contribution >= 0.6 is 0 Å². The van der Waals surface area contributed by atoms with E-state index >= 15 is 0 Å². The first kappa shape index (κ1) is 21.3. The third-order valence-corrected chi connectivity index (χ3v) is 7.10. The Morgan fingerprint density at radius 2 is 1.72 bits per heavy atom. The van der Waals surface area contributed by atoms with Crippen LogP contribution < -0.4 is 9.47 Å². The normalized spacial score (nSPS) is 22.7. The minimum absolute atomic E-state index is 0.107. The Bertz CT molecular complexity index is 927. The quantitative estimate of drug-likeness (QED) is 0.777. The second-order valence-electron chi connectivity index (χ2n) is 9.12. The summed E-state index contributed by atoms with van der Waals surface area (Å²) in [5.74, 6) is 2.02. The maximum atomic E-state index is 13.2. The Hall–Kier alpha value is -2.57. The smallest absolute Gasteiger partial charge is 0.237 e. The zero-order chi connectivity index (χ0) is 21.9. The van der Waals surface area contributed by atoms with E-state index in [9.17, 15) is 9.90 Å². The van der Waals surface area contributed by atoms with E-state index in [1.807, 2.05) is 47.4 Å². The summed E-state index contributed by atoms with van der Waals surface area (Å²) in [4.78, 5) is 17.5. The molecular formula is C26H32N2O4. The fourth-order valence-corrected chi connectivity index (χ4v) is 5.31. The number of amides is 1. The van der Waals surface area contributed by atoms with Crippen molar-refractivity contribution in [1.82, 2.24) is 9.80 Å². The predicted molar refractivity (Wildman–Crippen MR) is 122 cm³/mol. The SMILES string of the molecule is O=C(CN1CCC(C(O)c2ccccc2)CC1)N1CCCC1c1ccc2c(c1)OCCO2. The van der Waals surface area contributed by atoms with Crippen LogP contribution in [0.3, 0.4) is 0 Å². The number of benzene rings is 2. The number of nitrogens with zero attached hydrogens (tertiary/aromatic N) is 2. The maximum Gasteiger partial charge on any atom is 0.237 e. The van der Waals surface area contributed by atoms with Crippen LogP contribution in [0.1, 0.15) is 49.0 Å². The molecule has 2 aromatic rings.